The lowest BCUT2D eigenvalue weighted by Crippen LogP contribution is -2.41. The molecule has 3 fully saturated rings. The van der Waals surface area contributed by atoms with Gasteiger partial charge < -0.3 is 46.4 Å². The maximum Gasteiger partial charge on any atom is 0.434 e. The third kappa shape index (κ3) is 60.9. The fourth-order valence-corrected chi connectivity index (χ4v) is 22.9. The molecule has 0 radical (unpaired) electrons. The minimum atomic E-state index is -3.22. The summed E-state index contributed by atoms with van der Waals surface area (Å²) in [4.78, 5) is 27.2. The Kier molecular flexibility index (Phi) is 91.0. The third-order valence-electron chi connectivity index (χ3n) is 13.6. The van der Waals surface area contributed by atoms with E-state index in [1.165, 1.54) is 110 Å². The van der Waals surface area contributed by atoms with Gasteiger partial charge in [-0.1, -0.05) is 248 Å². The second-order valence-electron chi connectivity index (χ2n) is 20.9. The molecule has 3 saturated heterocycles. The number of nitrogens with zero attached hydrogens (tertiary/aromatic N) is 12. The first kappa shape index (κ1) is 118. The van der Waals surface area contributed by atoms with Crippen LogP contribution in [0.2, 0.25) is 0 Å². The molecule has 2 aromatic heterocycles. The molecule has 5 rings (SSSR count). The van der Waals surface area contributed by atoms with Crippen molar-refractivity contribution in [1.82, 2.24) is 47.1 Å². The van der Waals surface area contributed by atoms with E-state index < -0.39 is 43.5 Å². The molecule has 46 heteroatoms. The van der Waals surface area contributed by atoms with Gasteiger partial charge in [0.25, 0.3) is 0 Å². The number of imidazole rings is 2. The van der Waals surface area contributed by atoms with Crippen molar-refractivity contribution in [3.63, 3.8) is 0 Å². The molecule has 0 unspecified atom stereocenters. The first-order chi connectivity index (χ1) is 48.4. The number of alkyl halides is 11. The molecule has 0 atom stereocenters. The zero-order valence-corrected chi connectivity index (χ0v) is 80.8. The van der Waals surface area contributed by atoms with Crippen LogP contribution < -0.4 is 5.73 Å². The summed E-state index contributed by atoms with van der Waals surface area (Å²) in [5.74, 6) is -0.515. The summed E-state index contributed by atoms with van der Waals surface area (Å²) in [6, 6.07) is 0. The number of nitrogens with two attached hydrogens (primary N) is 1. The summed E-state index contributed by atoms with van der Waals surface area (Å²) < 4.78 is 82.7. The summed E-state index contributed by atoms with van der Waals surface area (Å²) in [5.41, 5.74) is 5.72. The van der Waals surface area contributed by atoms with Crippen LogP contribution in [-0.2, 0) is 50.1 Å². The molecule has 5 heterocycles. The molecular weight excluding hydrogens is 2190 g/mol. The minimum Gasteiger partial charge on any atom is -0.396 e. The van der Waals surface area contributed by atoms with E-state index in [2.05, 4.69) is 203 Å². The predicted molar refractivity (Wildman–Crippen MR) is 471 cm³/mol. The van der Waals surface area contributed by atoms with Crippen molar-refractivity contribution in [2.45, 2.75) is 144 Å². The minimum absolute atomic E-state index is 0. The Morgan fingerprint density at radius 2 is 0.757 bits per heavy atom. The Morgan fingerprint density at radius 1 is 0.515 bits per heavy atom. The van der Waals surface area contributed by atoms with Crippen LogP contribution in [0.3, 0.4) is 0 Å². The maximum atomic E-state index is 13.5. The van der Waals surface area contributed by atoms with E-state index in [0.717, 1.165) is 129 Å². The topological polar surface area (TPSA) is 326 Å². The van der Waals surface area contributed by atoms with Crippen LogP contribution >= 0.6 is 242 Å². The highest BCUT2D eigenvalue weighted by atomic mass is 79.9. The standard InChI is InChI=1S/C12H20Br2N5O4P.C9H18Br2.C9H20O2.2C7H14Br2ClN2OP.C5H7N3O3.C3H6Br2.C2H7NO.CH3F.2CH4.Cl3OP/c1-16-11(9-15-12(16)19(20)21)10-23-24(22)17(7-3-13)5-2-6-18(24)8-4-14;2*10-8-6-4-2-1-3-5-7-9-11;2*8-2-6-11-4-1-5-12(7-3-9)14(11,10)13;1-7-4(3-9)2-6-5(7)8(10)11;4-2-1-3-5;3-1-2-4;1-2;;;1-5(2,3)4/h9H,2-8,10H2,1H3;1-9H2;10-11H,1-9H2;2*1-7H2;2,9H,3H2,1H3;1-3H2;4H,1-3H2;1H3;2*1H4;/i;;;;;;;;1D;;;. The number of nitro groups is 2. The molecule has 3 aliphatic heterocycles. The van der Waals surface area contributed by atoms with E-state index in [1.807, 2.05) is 28.0 Å². The Balaban J connectivity index is -0.000000211. The van der Waals surface area contributed by atoms with Crippen LogP contribution in [0.4, 0.5) is 16.3 Å². The summed E-state index contributed by atoms with van der Waals surface area (Å²) >= 11 is 59.7. The summed E-state index contributed by atoms with van der Waals surface area (Å²) in [6.45, 7) is 4.36. The fraction of sp³-hybridized carbons (Fsp3) is 0.895. The largest absolute Gasteiger partial charge is 0.434 e. The molecule has 0 bridgehead atoms. The smallest absolute Gasteiger partial charge is 0.396 e. The quantitative estimate of drug-likeness (QED) is 0.0138. The molecule has 2 aromatic rings. The Bertz CT molecular complexity index is 2370. The molecule has 0 saturated carbocycles. The predicted octanol–water partition coefficient (Wildman–Crippen LogP) is 20.8. The van der Waals surface area contributed by atoms with Crippen molar-refractivity contribution in [1.29, 1.82) is 0 Å². The molecule has 103 heavy (non-hydrogen) atoms. The molecule has 0 aromatic carbocycles. The highest BCUT2D eigenvalue weighted by Crippen LogP contribution is 2.62. The van der Waals surface area contributed by atoms with Gasteiger partial charge in [0, 0.05) is 152 Å². The van der Waals surface area contributed by atoms with Crippen molar-refractivity contribution in [2.24, 2.45) is 19.8 Å². The molecular formula is C57H117Br10Cl5FN13O13P4. The maximum absolute atomic E-state index is 13.5. The number of halogens is 16. The lowest BCUT2D eigenvalue weighted by atomic mass is 10.1. The number of aliphatic hydroxyl groups excluding tert-OH is 4. The number of hydrogen-bond donors (Lipinski definition) is 5. The zero-order valence-electron chi connectivity index (χ0n) is 58.6. The molecule has 3 aliphatic rings. The van der Waals surface area contributed by atoms with E-state index in [-0.39, 0.29) is 46.6 Å². The van der Waals surface area contributed by atoms with Gasteiger partial charge in [-0.2, -0.15) is 0 Å². The monoisotopic (exact) mass is 2300 g/mol. The number of rotatable bonds is 37. The average molecular weight is 2310 g/mol. The molecule has 6 N–H and O–H groups in total. The van der Waals surface area contributed by atoms with E-state index in [1.54, 1.807) is 7.05 Å². The Labute approximate surface area is 724 Å². The Morgan fingerprint density at radius 3 is 0.971 bits per heavy atom. The van der Waals surface area contributed by atoms with Crippen molar-refractivity contribution < 1.29 is 58.8 Å². The number of aliphatic hydroxyl groups is 4. The molecule has 0 amide bonds. The van der Waals surface area contributed by atoms with Gasteiger partial charge in [0.05, 0.1) is 29.2 Å². The van der Waals surface area contributed by atoms with Gasteiger partial charge in [0.1, 0.15) is 37.0 Å². The summed E-state index contributed by atoms with van der Waals surface area (Å²) in [7, 11) is -1.14. The molecule has 26 nitrogen and oxygen atoms in total. The first-order valence-corrected chi connectivity index (χ1v) is 54.6. The summed E-state index contributed by atoms with van der Waals surface area (Å²) in [5, 5.41) is 60.4. The van der Waals surface area contributed by atoms with Gasteiger partial charge >= 0.3 is 38.4 Å². The Hall–Kier alpha value is 3.84. The van der Waals surface area contributed by atoms with E-state index >= 15 is 0 Å². The lowest BCUT2D eigenvalue weighted by Gasteiger charge is -2.41. The molecule has 0 aliphatic carbocycles. The van der Waals surface area contributed by atoms with E-state index in [0.29, 0.717) is 68.0 Å². The van der Waals surface area contributed by atoms with Crippen molar-refractivity contribution in [3.05, 3.63) is 44.0 Å². The highest BCUT2D eigenvalue weighted by molar-refractivity contribution is 9.10. The van der Waals surface area contributed by atoms with Gasteiger partial charge in [-0.15, -0.1) is 0 Å². The van der Waals surface area contributed by atoms with E-state index in [9.17, 15) is 42.9 Å². The number of hydrogen-bond acceptors (Lipinski definition) is 16. The first-order valence-electron chi connectivity index (χ1n) is 33.1. The van der Waals surface area contributed by atoms with Crippen molar-refractivity contribution in [3.8, 4) is 0 Å². The number of aromatic nitrogens is 4. The third-order valence-corrected chi connectivity index (χ3v) is 27.7. The summed E-state index contributed by atoms with van der Waals surface area (Å²) in [6.07, 6.45) is 24.6. The second-order valence-corrected chi connectivity index (χ2v) is 44.7. The zero-order chi connectivity index (χ0) is 78.9. The van der Waals surface area contributed by atoms with Crippen molar-refractivity contribution in [2.75, 3.05) is 165 Å². The van der Waals surface area contributed by atoms with Gasteiger partial charge in [0.2, 0.25) is 0 Å². The molecule has 620 valence electrons. The second kappa shape index (κ2) is 79.7. The van der Waals surface area contributed by atoms with Crippen LogP contribution in [0.5, 0.6) is 0 Å². The fourth-order valence-electron chi connectivity index (χ4n) is 8.62. The van der Waals surface area contributed by atoms with Crippen LogP contribution in [0, 0.1) is 20.2 Å². The highest BCUT2D eigenvalue weighted by Gasteiger charge is 2.42. The molecule has 0 spiro atoms. The van der Waals surface area contributed by atoms with Gasteiger partial charge in [-0.05, 0) is 117 Å². The van der Waals surface area contributed by atoms with Crippen LogP contribution in [-0.4, -0.2) is 243 Å². The van der Waals surface area contributed by atoms with Crippen molar-refractivity contribution >= 4 is 254 Å². The SMILES string of the molecule is BrCCCBr.BrCCCCCCCCCBr.C.C.Cn1c(CO)cnc1[N+](=O)[O-].Cn1c(COP2(=O)N(CCBr)CCCN2CCBr)cnc1[N+](=O)[O-].NCCO.O=P(Cl)(Cl)Cl.O=P1(Cl)N(CCBr)CCCN1CCBr.O=P1(Cl)N(CCBr)CCCN1CCBr.OCCCCCCCCCO.[2H]CF. The van der Waals surface area contributed by atoms with Gasteiger partial charge in [-0.25, -0.2) is 37.2 Å². The number of unbranched alkanes of at least 4 members (excludes halogenated alkanes) is 12. The van der Waals surface area contributed by atoms with Gasteiger partial charge in [-0.3, -0.25) is 27.2 Å². The average Bonchev–Trinajstić information content (AvgIpc) is 0.895. The lowest BCUT2D eigenvalue weighted by molar-refractivity contribution is -0.396. The van der Waals surface area contributed by atoms with Crippen LogP contribution in [0.15, 0.2) is 12.4 Å². The van der Waals surface area contributed by atoms with Crippen LogP contribution in [0.1, 0.15) is 143 Å². The van der Waals surface area contributed by atoms with E-state index in [4.69, 9.17) is 54.5 Å². The van der Waals surface area contributed by atoms with Crippen LogP contribution in [0.25, 0.3) is 0 Å². The normalized spacial score (nSPS) is 15.6. The van der Waals surface area contributed by atoms with Gasteiger partial charge in [0.15, 0.2) is 0 Å².